The molecule has 148 valence electrons. The molecule has 2 atom stereocenters. The van der Waals surface area contributed by atoms with Crippen LogP contribution in [0.1, 0.15) is 18.0 Å². The first kappa shape index (κ1) is 17.7. The molecule has 1 aromatic carbocycles. The third kappa shape index (κ3) is 3.22. The number of likely N-dealkylation sites (tertiary alicyclic amines) is 1. The lowest BCUT2D eigenvalue weighted by Crippen LogP contribution is -2.50. The van der Waals surface area contributed by atoms with Gasteiger partial charge in [0.1, 0.15) is 11.6 Å². The quantitative estimate of drug-likeness (QED) is 0.718. The van der Waals surface area contributed by atoms with Crippen LogP contribution in [0.5, 0.6) is 0 Å². The largest absolute Gasteiger partial charge is 0.464 e. The molecule has 7 heteroatoms. The molecular weight excluding hydrogens is 373 g/mol. The fourth-order valence-corrected chi connectivity index (χ4v) is 4.50. The van der Waals surface area contributed by atoms with Gasteiger partial charge in [-0.2, -0.15) is 0 Å². The summed E-state index contributed by atoms with van der Waals surface area (Å²) in [4.78, 5) is 27.5. The van der Waals surface area contributed by atoms with E-state index in [4.69, 9.17) is 4.42 Å². The lowest BCUT2D eigenvalue weighted by atomic mass is 9.83. The van der Waals surface area contributed by atoms with Gasteiger partial charge in [-0.3, -0.25) is 4.79 Å². The molecule has 1 N–H and O–H groups in total. The highest BCUT2D eigenvalue weighted by atomic mass is 19.1. The maximum Gasteiger partial charge on any atom is 0.321 e. The Morgan fingerprint density at radius 2 is 2.00 bits per heavy atom. The minimum absolute atomic E-state index is 0.0511. The number of furan rings is 1. The summed E-state index contributed by atoms with van der Waals surface area (Å²) in [5.41, 5.74) is 1.89. The van der Waals surface area contributed by atoms with E-state index in [0.29, 0.717) is 36.6 Å². The number of piperidine rings is 1. The highest BCUT2D eigenvalue weighted by Gasteiger charge is 2.36. The maximum absolute atomic E-state index is 13.4. The number of halogens is 1. The van der Waals surface area contributed by atoms with E-state index in [9.17, 15) is 14.0 Å². The standard InChI is InChI=1S/C22H20FN3O3/c23-16-3-1-4-17(10-16)24-22(28)25-11-14-9-15(13-25)19-7-6-18(20-5-2-8-29-20)21(27)26(19)12-14/h1-8,10,14-15H,9,11-13H2,(H,24,28)/t14-,15-/m1/s1. The summed E-state index contributed by atoms with van der Waals surface area (Å²) in [6.07, 6.45) is 2.51. The van der Waals surface area contributed by atoms with E-state index in [1.165, 1.54) is 12.1 Å². The van der Waals surface area contributed by atoms with Crippen molar-refractivity contribution in [1.82, 2.24) is 9.47 Å². The van der Waals surface area contributed by atoms with Crippen molar-refractivity contribution in [1.29, 1.82) is 0 Å². The topological polar surface area (TPSA) is 67.5 Å². The molecule has 6 nitrogen and oxygen atoms in total. The molecule has 5 rings (SSSR count). The molecule has 2 amide bonds. The highest BCUT2D eigenvalue weighted by molar-refractivity contribution is 5.89. The maximum atomic E-state index is 13.4. The van der Waals surface area contributed by atoms with Crippen LogP contribution < -0.4 is 10.9 Å². The van der Waals surface area contributed by atoms with E-state index in [-0.39, 0.29) is 29.2 Å². The Morgan fingerprint density at radius 1 is 1.10 bits per heavy atom. The Labute approximate surface area is 166 Å². The van der Waals surface area contributed by atoms with Crippen molar-refractivity contribution < 1.29 is 13.6 Å². The smallest absolute Gasteiger partial charge is 0.321 e. The summed E-state index contributed by atoms with van der Waals surface area (Å²) >= 11 is 0. The second kappa shape index (κ2) is 6.92. The number of anilines is 1. The summed E-state index contributed by atoms with van der Waals surface area (Å²) in [5.74, 6) is 0.472. The van der Waals surface area contributed by atoms with Crippen LogP contribution >= 0.6 is 0 Å². The Bertz CT molecular complexity index is 1120. The number of urea groups is 1. The third-order valence-corrected chi connectivity index (χ3v) is 5.75. The number of carbonyl (C=O) groups is 1. The van der Waals surface area contributed by atoms with Crippen LogP contribution in [-0.4, -0.2) is 28.6 Å². The molecule has 0 unspecified atom stereocenters. The Morgan fingerprint density at radius 3 is 2.79 bits per heavy atom. The van der Waals surface area contributed by atoms with Gasteiger partial charge in [-0.15, -0.1) is 0 Å². The Hall–Kier alpha value is -3.35. The van der Waals surface area contributed by atoms with Gasteiger partial charge in [0.15, 0.2) is 0 Å². The van der Waals surface area contributed by atoms with E-state index in [0.717, 1.165) is 12.1 Å². The molecule has 1 fully saturated rings. The van der Waals surface area contributed by atoms with Gasteiger partial charge in [0, 0.05) is 36.9 Å². The predicted molar refractivity (Wildman–Crippen MR) is 106 cm³/mol. The molecular formula is C22H20FN3O3. The number of amides is 2. The van der Waals surface area contributed by atoms with Crippen molar-refractivity contribution in [2.75, 3.05) is 18.4 Å². The van der Waals surface area contributed by atoms with Gasteiger partial charge in [0.2, 0.25) is 0 Å². The number of carbonyl (C=O) groups excluding carboxylic acids is 1. The summed E-state index contributed by atoms with van der Waals surface area (Å²) in [5, 5.41) is 2.77. The molecule has 2 aromatic heterocycles. The number of fused-ring (bicyclic) bond motifs is 4. The number of rotatable bonds is 2. The van der Waals surface area contributed by atoms with Crippen LogP contribution in [0.25, 0.3) is 11.3 Å². The molecule has 0 spiro atoms. The third-order valence-electron chi connectivity index (χ3n) is 5.75. The van der Waals surface area contributed by atoms with Crippen LogP contribution in [0.2, 0.25) is 0 Å². The number of aromatic nitrogens is 1. The lowest BCUT2D eigenvalue weighted by molar-refractivity contribution is 0.139. The van der Waals surface area contributed by atoms with Crippen molar-refractivity contribution in [3.05, 3.63) is 76.7 Å². The molecule has 0 saturated carbocycles. The number of hydrogen-bond acceptors (Lipinski definition) is 3. The molecule has 2 bridgehead atoms. The summed E-state index contributed by atoms with van der Waals surface area (Å²) in [6, 6.07) is 12.9. The van der Waals surface area contributed by atoms with Gasteiger partial charge in [-0.25, -0.2) is 9.18 Å². The van der Waals surface area contributed by atoms with E-state index in [1.807, 2.05) is 10.6 Å². The Balaban J connectivity index is 1.39. The van der Waals surface area contributed by atoms with E-state index < -0.39 is 0 Å². The van der Waals surface area contributed by atoms with Gasteiger partial charge < -0.3 is 19.2 Å². The fourth-order valence-electron chi connectivity index (χ4n) is 4.50. The van der Waals surface area contributed by atoms with Gasteiger partial charge in [0.05, 0.1) is 11.8 Å². The van der Waals surface area contributed by atoms with Gasteiger partial charge >= 0.3 is 6.03 Å². The minimum Gasteiger partial charge on any atom is -0.464 e. The zero-order valence-corrected chi connectivity index (χ0v) is 15.7. The summed E-state index contributed by atoms with van der Waals surface area (Å²) in [6.45, 7) is 1.66. The van der Waals surface area contributed by atoms with Crippen LogP contribution in [0, 0.1) is 11.7 Å². The lowest BCUT2D eigenvalue weighted by Gasteiger charge is -2.42. The summed E-state index contributed by atoms with van der Waals surface area (Å²) < 4.78 is 20.6. The average Bonchev–Trinajstić information content (AvgIpc) is 3.23. The SMILES string of the molecule is O=C(Nc1cccc(F)c1)N1C[C@H]2C[C@H](C1)c1ccc(-c3ccco3)c(=O)n1C2. The second-order valence-electron chi connectivity index (χ2n) is 7.71. The van der Waals surface area contributed by atoms with Crippen LogP contribution in [0.15, 0.2) is 64.0 Å². The molecule has 0 radical (unpaired) electrons. The predicted octanol–water partition coefficient (Wildman–Crippen LogP) is 3.90. The van der Waals surface area contributed by atoms with Crippen molar-refractivity contribution in [3.63, 3.8) is 0 Å². The summed E-state index contributed by atoms with van der Waals surface area (Å²) in [7, 11) is 0. The van der Waals surface area contributed by atoms with E-state index >= 15 is 0 Å². The monoisotopic (exact) mass is 393 g/mol. The van der Waals surface area contributed by atoms with Gasteiger partial charge in [0.25, 0.3) is 5.56 Å². The molecule has 29 heavy (non-hydrogen) atoms. The minimum atomic E-state index is -0.390. The van der Waals surface area contributed by atoms with E-state index in [1.54, 1.807) is 41.5 Å². The normalized spacial score (nSPS) is 20.2. The van der Waals surface area contributed by atoms with Crippen LogP contribution in [-0.2, 0) is 6.54 Å². The zero-order chi connectivity index (χ0) is 20.0. The van der Waals surface area contributed by atoms with E-state index in [2.05, 4.69) is 5.32 Å². The number of benzene rings is 1. The number of pyridine rings is 1. The first-order valence-corrected chi connectivity index (χ1v) is 9.67. The Kier molecular flexibility index (Phi) is 4.23. The molecule has 3 aromatic rings. The number of nitrogens with one attached hydrogen (secondary N) is 1. The molecule has 4 heterocycles. The van der Waals surface area contributed by atoms with Crippen LogP contribution in [0.3, 0.4) is 0 Å². The molecule has 2 aliphatic heterocycles. The number of hydrogen-bond donors (Lipinski definition) is 1. The average molecular weight is 393 g/mol. The van der Waals surface area contributed by atoms with Crippen molar-refractivity contribution >= 4 is 11.7 Å². The molecule has 0 aliphatic carbocycles. The first-order chi connectivity index (χ1) is 14.1. The van der Waals surface area contributed by atoms with Crippen molar-refractivity contribution in [2.45, 2.75) is 18.9 Å². The second-order valence-corrected chi connectivity index (χ2v) is 7.71. The van der Waals surface area contributed by atoms with Crippen LogP contribution in [0.4, 0.5) is 14.9 Å². The first-order valence-electron chi connectivity index (χ1n) is 9.67. The number of nitrogens with zero attached hydrogens (tertiary/aromatic N) is 2. The fraction of sp³-hybridized carbons (Fsp3) is 0.273. The van der Waals surface area contributed by atoms with Crippen molar-refractivity contribution in [2.24, 2.45) is 5.92 Å². The molecule has 2 aliphatic rings. The van der Waals surface area contributed by atoms with Gasteiger partial charge in [-0.05, 0) is 54.8 Å². The van der Waals surface area contributed by atoms with Gasteiger partial charge in [-0.1, -0.05) is 6.07 Å². The van der Waals surface area contributed by atoms with Crippen molar-refractivity contribution in [3.8, 4) is 11.3 Å². The zero-order valence-electron chi connectivity index (χ0n) is 15.7. The molecule has 1 saturated heterocycles. The highest BCUT2D eigenvalue weighted by Crippen LogP contribution is 2.36.